The third kappa shape index (κ3) is 4.93. The van der Waals surface area contributed by atoms with Crippen LogP contribution in [-0.4, -0.2) is 24.3 Å². The molecule has 3 rings (SSSR count). The molecule has 0 fully saturated rings. The van der Waals surface area contributed by atoms with Crippen LogP contribution in [0.5, 0.6) is 0 Å². The number of halogens is 1. The first-order valence-corrected chi connectivity index (χ1v) is 8.87. The van der Waals surface area contributed by atoms with E-state index in [1.807, 2.05) is 13.0 Å². The third-order valence-electron chi connectivity index (χ3n) is 4.18. The standard InChI is InChI=1S/C23H18FNO4/c1-15-7-6-8-16(13-15)22(27)25-20-12-5-3-10-18(20)23(28)29-14-21(26)17-9-2-4-11-19(17)24/h2-13H,14H2,1H3,(H,25,27). The second-order valence-electron chi connectivity index (χ2n) is 6.35. The molecule has 6 heteroatoms. The van der Waals surface area contributed by atoms with Gasteiger partial charge in [-0.05, 0) is 43.3 Å². The number of rotatable bonds is 6. The van der Waals surface area contributed by atoms with Gasteiger partial charge in [-0.25, -0.2) is 9.18 Å². The maximum atomic E-state index is 13.7. The quantitative estimate of drug-likeness (QED) is 0.499. The summed E-state index contributed by atoms with van der Waals surface area (Å²) in [6, 6.07) is 18.8. The monoisotopic (exact) mass is 391 g/mol. The Hall–Kier alpha value is -3.80. The highest BCUT2D eigenvalue weighted by Gasteiger charge is 2.18. The van der Waals surface area contributed by atoms with Gasteiger partial charge in [-0.15, -0.1) is 0 Å². The molecular weight excluding hydrogens is 373 g/mol. The Balaban J connectivity index is 1.71. The molecule has 0 bridgehead atoms. The van der Waals surface area contributed by atoms with E-state index in [-0.39, 0.29) is 22.7 Å². The molecule has 0 atom stereocenters. The van der Waals surface area contributed by atoms with Crippen molar-refractivity contribution in [2.45, 2.75) is 6.92 Å². The molecule has 1 amide bonds. The Labute approximate surface area is 167 Å². The summed E-state index contributed by atoms with van der Waals surface area (Å²) in [6.07, 6.45) is 0. The molecular formula is C23H18FNO4. The van der Waals surface area contributed by atoms with Crippen LogP contribution >= 0.6 is 0 Å². The molecule has 0 heterocycles. The summed E-state index contributed by atoms with van der Waals surface area (Å²) in [5.74, 6) is -2.51. The summed E-state index contributed by atoms with van der Waals surface area (Å²) in [7, 11) is 0. The van der Waals surface area contributed by atoms with Crippen LogP contribution in [0.2, 0.25) is 0 Å². The van der Waals surface area contributed by atoms with E-state index in [1.165, 1.54) is 24.3 Å². The lowest BCUT2D eigenvalue weighted by Crippen LogP contribution is -2.18. The molecule has 0 saturated heterocycles. The van der Waals surface area contributed by atoms with Crippen molar-refractivity contribution in [1.29, 1.82) is 0 Å². The number of carbonyl (C=O) groups excluding carboxylic acids is 3. The number of carbonyl (C=O) groups is 3. The van der Waals surface area contributed by atoms with Crippen LogP contribution in [0.3, 0.4) is 0 Å². The number of ketones is 1. The maximum absolute atomic E-state index is 13.7. The second-order valence-corrected chi connectivity index (χ2v) is 6.35. The predicted octanol–water partition coefficient (Wildman–Crippen LogP) is 4.43. The summed E-state index contributed by atoms with van der Waals surface area (Å²) < 4.78 is 18.7. The number of ether oxygens (including phenoxy) is 1. The van der Waals surface area contributed by atoms with Gasteiger partial charge in [0, 0.05) is 5.56 Å². The first-order chi connectivity index (χ1) is 14.0. The minimum absolute atomic E-state index is 0.0924. The maximum Gasteiger partial charge on any atom is 0.340 e. The molecule has 5 nitrogen and oxygen atoms in total. The fourth-order valence-corrected chi connectivity index (χ4v) is 2.72. The topological polar surface area (TPSA) is 72.5 Å². The number of esters is 1. The minimum Gasteiger partial charge on any atom is -0.454 e. The van der Waals surface area contributed by atoms with E-state index in [2.05, 4.69) is 5.32 Å². The second kappa shape index (κ2) is 8.93. The summed E-state index contributed by atoms with van der Waals surface area (Å²) >= 11 is 0. The number of anilines is 1. The molecule has 0 aromatic heterocycles. The number of nitrogens with one attached hydrogen (secondary N) is 1. The van der Waals surface area contributed by atoms with Crippen LogP contribution < -0.4 is 5.32 Å². The number of amides is 1. The van der Waals surface area contributed by atoms with Gasteiger partial charge in [-0.3, -0.25) is 9.59 Å². The zero-order valence-corrected chi connectivity index (χ0v) is 15.6. The molecule has 29 heavy (non-hydrogen) atoms. The van der Waals surface area contributed by atoms with Gasteiger partial charge in [-0.1, -0.05) is 42.0 Å². The molecule has 0 unspecified atom stereocenters. The lowest BCUT2D eigenvalue weighted by Gasteiger charge is -2.11. The Kier molecular flexibility index (Phi) is 6.14. The Morgan fingerprint density at radius 1 is 0.897 bits per heavy atom. The fraction of sp³-hybridized carbons (Fsp3) is 0.0870. The number of Topliss-reactive ketones (excluding diaryl/α,β-unsaturated/α-hetero) is 1. The molecule has 3 aromatic rings. The van der Waals surface area contributed by atoms with E-state index in [0.29, 0.717) is 5.56 Å². The van der Waals surface area contributed by atoms with Crippen molar-refractivity contribution in [2.75, 3.05) is 11.9 Å². The van der Waals surface area contributed by atoms with Crippen LogP contribution in [0.25, 0.3) is 0 Å². The Morgan fingerprint density at radius 2 is 1.59 bits per heavy atom. The van der Waals surface area contributed by atoms with Crippen molar-refractivity contribution in [3.8, 4) is 0 Å². The number of hydrogen-bond acceptors (Lipinski definition) is 4. The van der Waals surface area contributed by atoms with Crippen molar-refractivity contribution in [3.63, 3.8) is 0 Å². The normalized spacial score (nSPS) is 10.3. The van der Waals surface area contributed by atoms with Gasteiger partial charge in [0.15, 0.2) is 6.61 Å². The van der Waals surface area contributed by atoms with Gasteiger partial charge in [0.05, 0.1) is 16.8 Å². The van der Waals surface area contributed by atoms with Crippen molar-refractivity contribution < 1.29 is 23.5 Å². The SMILES string of the molecule is Cc1cccc(C(=O)Nc2ccccc2C(=O)OCC(=O)c2ccccc2F)c1. The fourth-order valence-electron chi connectivity index (χ4n) is 2.72. The van der Waals surface area contributed by atoms with E-state index in [0.717, 1.165) is 11.6 Å². The van der Waals surface area contributed by atoms with Crippen LogP contribution in [-0.2, 0) is 4.74 Å². The van der Waals surface area contributed by atoms with E-state index < -0.39 is 24.2 Å². The molecule has 0 aliphatic heterocycles. The van der Waals surface area contributed by atoms with Gasteiger partial charge in [-0.2, -0.15) is 0 Å². The van der Waals surface area contributed by atoms with Crippen LogP contribution in [0, 0.1) is 12.7 Å². The zero-order chi connectivity index (χ0) is 20.8. The first kappa shape index (κ1) is 19.9. The van der Waals surface area contributed by atoms with Crippen LogP contribution in [0.1, 0.15) is 36.6 Å². The van der Waals surface area contributed by atoms with Crippen molar-refractivity contribution in [1.82, 2.24) is 0 Å². The molecule has 3 aromatic carbocycles. The molecule has 0 spiro atoms. The molecule has 1 N–H and O–H groups in total. The van der Waals surface area contributed by atoms with Crippen molar-refractivity contribution in [2.24, 2.45) is 0 Å². The molecule has 0 aliphatic carbocycles. The molecule has 0 aliphatic rings. The average Bonchev–Trinajstić information content (AvgIpc) is 2.72. The lowest BCUT2D eigenvalue weighted by atomic mass is 10.1. The Morgan fingerprint density at radius 3 is 2.31 bits per heavy atom. The van der Waals surface area contributed by atoms with Gasteiger partial charge in [0.1, 0.15) is 5.82 Å². The highest BCUT2D eigenvalue weighted by Crippen LogP contribution is 2.18. The third-order valence-corrected chi connectivity index (χ3v) is 4.18. The van der Waals surface area contributed by atoms with Crippen LogP contribution in [0.4, 0.5) is 10.1 Å². The lowest BCUT2D eigenvalue weighted by molar-refractivity contribution is 0.0474. The smallest absolute Gasteiger partial charge is 0.340 e. The van der Waals surface area contributed by atoms with E-state index in [4.69, 9.17) is 4.74 Å². The highest BCUT2D eigenvalue weighted by molar-refractivity contribution is 6.08. The average molecular weight is 391 g/mol. The van der Waals surface area contributed by atoms with E-state index in [9.17, 15) is 18.8 Å². The highest BCUT2D eigenvalue weighted by atomic mass is 19.1. The molecule has 146 valence electrons. The minimum atomic E-state index is -0.796. The molecule has 0 radical (unpaired) electrons. The largest absolute Gasteiger partial charge is 0.454 e. The predicted molar refractivity (Wildman–Crippen MR) is 107 cm³/mol. The molecule has 0 saturated carbocycles. The van der Waals surface area contributed by atoms with E-state index >= 15 is 0 Å². The number of hydrogen-bond donors (Lipinski definition) is 1. The summed E-state index contributed by atoms with van der Waals surface area (Å²) in [5, 5.41) is 2.68. The zero-order valence-electron chi connectivity index (χ0n) is 15.6. The van der Waals surface area contributed by atoms with Gasteiger partial charge < -0.3 is 10.1 Å². The summed E-state index contributed by atoms with van der Waals surface area (Å²) in [6.45, 7) is 1.26. The number of para-hydroxylation sites is 1. The van der Waals surface area contributed by atoms with Gasteiger partial charge in [0.2, 0.25) is 5.78 Å². The van der Waals surface area contributed by atoms with Gasteiger partial charge >= 0.3 is 5.97 Å². The Bertz CT molecular complexity index is 1080. The number of benzene rings is 3. The first-order valence-electron chi connectivity index (χ1n) is 8.87. The van der Waals surface area contributed by atoms with Gasteiger partial charge in [0.25, 0.3) is 5.91 Å². The van der Waals surface area contributed by atoms with Crippen LogP contribution in [0.15, 0.2) is 72.8 Å². The summed E-state index contributed by atoms with van der Waals surface area (Å²) in [5.41, 5.74) is 1.57. The summed E-state index contributed by atoms with van der Waals surface area (Å²) in [4.78, 5) is 37.0. The van der Waals surface area contributed by atoms with Crippen molar-refractivity contribution in [3.05, 3.63) is 101 Å². The number of aryl methyl sites for hydroxylation is 1. The van der Waals surface area contributed by atoms with E-state index in [1.54, 1.807) is 36.4 Å². The van der Waals surface area contributed by atoms with Crippen molar-refractivity contribution >= 4 is 23.3 Å².